The fraction of sp³-hybridized carbons (Fsp3) is 0.545. The fourth-order valence-corrected chi connectivity index (χ4v) is 3.73. The molecule has 0 aliphatic carbocycles. The van der Waals surface area contributed by atoms with E-state index in [1.807, 2.05) is 7.05 Å². The molecule has 106 valence electrons. The van der Waals surface area contributed by atoms with Gasteiger partial charge >= 0.3 is 0 Å². The highest BCUT2D eigenvalue weighted by atomic mass is 35.5. The third kappa shape index (κ3) is 3.38. The van der Waals surface area contributed by atoms with Gasteiger partial charge in [-0.15, -0.1) is 0 Å². The number of aromatic nitrogens is 1. The Labute approximate surface area is 123 Å². The summed E-state index contributed by atoms with van der Waals surface area (Å²) in [5, 5.41) is 0.255. The van der Waals surface area contributed by atoms with Gasteiger partial charge in [0.05, 0.1) is 5.02 Å². The van der Waals surface area contributed by atoms with Crippen molar-refractivity contribution in [2.75, 3.05) is 33.2 Å². The number of hydrogen-bond donors (Lipinski definition) is 0. The summed E-state index contributed by atoms with van der Waals surface area (Å²) in [6.07, 6.45) is 2.06. The van der Waals surface area contributed by atoms with E-state index in [0.717, 1.165) is 13.0 Å². The first-order valence-electron chi connectivity index (χ1n) is 5.91. The Hall–Kier alpha value is -0.400. The molecule has 5 nitrogen and oxygen atoms in total. The molecular formula is C11H15Cl2N3O2S. The number of hydrogen-bond acceptors (Lipinski definition) is 4. The molecule has 0 aromatic carbocycles. The van der Waals surface area contributed by atoms with Gasteiger partial charge in [-0.3, -0.25) is 0 Å². The summed E-state index contributed by atoms with van der Waals surface area (Å²) >= 11 is 11.5. The first kappa shape index (κ1) is 15.0. The lowest BCUT2D eigenvalue weighted by atomic mass is 10.4. The van der Waals surface area contributed by atoms with E-state index in [4.69, 9.17) is 23.2 Å². The number of rotatable bonds is 2. The van der Waals surface area contributed by atoms with E-state index in [9.17, 15) is 8.42 Å². The molecule has 0 atom stereocenters. The minimum Gasteiger partial charge on any atom is -0.305 e. The lowest BCUT2D eigenvalue weighted by Crippen LogP contribution is -2.34. The standard InChI is InChI=1S/C11H15Cl2N3O2S/c1-15-3-2-4-16(6-5-15)19(17,18)9-7-10(12)11(13)14-8-9/h7-8H,2-6H2,1H3. The van der Waals surface area contributed by atoms with Crippen molar-refractivity contribution in [2.24, 2.45) is 0 Å². The molecular weight excluding hydrogens is 309 g/mol. The molecule has 0 N–H and O–H groups in total. The van der Waals surface area contributed by atoms with Crippen LogP contribution in [0, 0.1) is 0 Å². The maximum absolute atomic E-state index is 12.5. The summed E-state index contributed by atoms with van der Waals surface area (Å²) in [4.78, 5) is 6.00. The summed E-state index contributed by atoms with van der Waals surface area (Å²) < 4.78 is 26.4. The maximum Gasteiger partial charge on any atom is 0.244 e. The molecule has 2 rings (SSSR count). The molecule has 1 aliphatic rings. The number of nitrogens with zero attached hydrogens (tertiary/aromatic N) is 3. The Balaban J connectivity index is 2.28. The normalized spacial score (nSPS) is 19.3. The maximum atomic E-state index is 12.5. The molecule has 0 unspecified atom stereocenters. The highest BCUT2D eigenvalue weighted by molar-refractivity contribution is 7.89. The molecule has 1 fully saturated rings. The van der Waals surface area contributed by atoms with Crippen LogP contribution in [0.4, 0.5) is 0 Å². The van der Waals surface area contributed by atoms with Crippen LogP contribution in [-0.2, 0) is 10.0 Å². The molecule has 0 radical (unpaired) electrons. The zero-order chi connectivity index (χ0) is 14.0. The van der Waals surface area contributed by atoms with E-state index in [0.29, 0.717) is 19.6 Å². The van der Waals surface area contributed by atoms with Crippen molar-refractivity contribution in [1.29, 1.82) is 0 Å². The minimum atomic E-state index is -3.55. The average molecular weight is 324 g/mol. The second kappa shape index (κ2) is 5.93. The number of halogens is 2. The van der Waals surface area contributed by atoms with Gasteiger partial charge in [0.15, 0.2) is 0 Å². The molecule has 19 heavy (non-hydrogen) atoms. The van der Waals surface area contributed by atoms with E-state index < -0.39 is 10.0 Å². The van der Waals surface area contributed by atoms with Gasteiger partial charge in [0.25, 0.3) is 0 Å². The van der Waals surface area contributed by atoms with Crippen molar-refractivity contribution in [2.45, 2.75) is 11.3 Å². The van der Waals surface area contributed by atoms with Gasteiger partial charge < -0.3 is 4.90 Å². The van der Waals surface area contributed by atoms with Crippen LogP contribution in [0.1, 0.15) is 6.42 Å². The molecule has 1 saturated heterocycles. The molecule has 8 heteroatoms. The van der Waals surface area contributed by atoms with Gasteiger partial charge in [-0.05, 0) is 26.1 Å². The fourth-order valence-electron chi connectivity index (χ4n) is 1.96. The smallest absolute Gasteiger partial charge is 0.244 e. The van der Waals surface area contributed by atoms with Gasteiger partial charge in [-0.2, -0.15) is 4.31 Å². The Morgan fingerprint density at radius 1 is 1.21 bits per heavy atom. The van der Waals surface area contributed by atoms with Crippen LogP contribution in [0.5, 0.6) is 0 Å². The zero-order valence-corrected chi connectivity index (χ0v) is 12.8. The van der Waals surface area contributed by atoms with Gasteiger partial charge in [0, 0.05) is 25.8 Å². The summed E-state index contributed by atoms with van der Waals surface area (Å²) in [7, 11) is -1.56. The van der Waals surface area contributed by atoms with Gasteiger partial charge in [0.2, 0.25) is 10.0 Å². The van der Waals surface area contributed by atoms with Crippen molar-refractivity contribution < 1.29 is 8.42 Å². The largest absolute Gasteiger partial charge is 0.305 e. The number of likely N-dealkylation sites (N-methyl/N-ethyl adjacent to an activating group) is 1. The van der Waals surface area contributed by atoms with Crippen molar-refractivity contribution in [1.82, 2.24) is 14.2 Å². The summed E-state index contributed by atoms with van der Waals surface area (Å²) in [6.45, 7) is 2.59. The third-order valence-corrected chi connectivity index (χ3v) is 5.64. The SMILES string of the molecule is CN1CCCN(S(=O)(=O)c2cnc(Cl)c(Cl)c2)CC1. The van der Waals surface area contributed by atoms with Crippen LogP contribution < -0.4 is 0 Å². The van der Waals surface area contributed by atoms with E-state index in [1.165, 1.54) is 16.6 Å². The van der Waals surface area contributed by atoms with Crippen LogP contribution in [0.25, 0.3) is 0 Å². The quantitative estimate of drug-likeness (QED) is 0.777. The molecule has 0 amide bonds. The monoisotopic (exact) mass is 323 g/mol. The van der Waals surface area contributed by atoms with Crippen LogP contribution in [-0.4, -0.2) is 55.8 Å². The minimum absolute atomic E-state index is 0.0893. The highest BCUT2D eigenvalue weighted by Crippen LogP contribution is 2.24. The Morgan fingerprint density at radius 2 is 1.95 bits per heavy atom. The van der Waals surface area contributed by atoms with E-state index in [-0.39, 0.29) is 15.1 Å². The molecule has 1 aliphatic heterocycles. The third-order valence-electron chi connectivity index (χ3n) is 3.09. The molecule has 1 aromatic heterocycles. The molecule has 0 saturated carbocycles. The summed E-state index contributed by atoms with van der Waals surface area (Å²) in [5.74, 6) is 0. The topological polar surface area (TPSA) is 53.5 Å². The Kier molecular flexibility index (Phi) is 4.68. The highest BCUT2D eigenvalue weighted by Gasteiger charge is 2.27. The second-order valence-electron chi connectivity index (χ2n) is 4.50. The molecule has 2 heterocycles. The van der Waals surface area contributed by atoms with Crippen molar-refractivity contribution in [3.63, 3.8) is 0 Å². The van der Waals surface area contributed by atoms with Gasteiger partial charge in [-0.1, -0.05) is 23.2 Å². The summed E-state index contributed by atoms with van der Waals surface area (Å²) in [5.41, 5.74) is 0. The van der Waals surface area contributed by atoms with Crippen LogP contribution in [0.2, 0.25) is 10.2 Å². The van der Waals surface area contributed by atoms with Gasteiger partial charge in [0.1, 0.15) is 10.0 Å². The molecule has 1 aromatic rings. The van der Waals surface area contributed by atoms with Crippen LogP contribution in [0.15, 0.2) is 17.2 Å². The lowest BCUT2D eigenvalue weighted by molar-refractivity contribution is 0.347. The van der Waals surface area contributed by atoms with Crippen molar-refractivity contribution in [3.8, 4) is 0 Å². The average Bonchev–Trinajstić information content (AvgIpc) is 2.57. The lowest BCUT2D eigenvalue weighted by Gasteiger charge is -2.20. The predicted molar refractivity (Wildman–Crippen MR) is 75.1 cm³/mol. The second-order valence-corrected chi connectivity index (χ2v) is 7.21. The first-order chi connectivity index (χ1) is 8.91. The number of pyridine rings is 1. The Morgan fingerprint density at radius 3 is 2.63 bits per heavy atom. The zero-order valence-electron chi connectivity index (χ0n) is 10.5. The van der Waals surface area contributed by atoms with Crippen LogP contribution >= 0.6 is 23.2 Å². The molecule has 0 spiro atoms. The van der Waals surface area contributed by atoms with Crippen molar-refractivity contribution >= 4 is 33.2 Å². The van der Waals surface area contributed by atoms with Crippen LogP contribution in [0.3, 0.4) is 0 Å². The predicted octanol–water partition coefficient (Wildman–Crippen LogP) is 1.71. The van der Waals surface area contributed by atoms with Crippen molar-refractivity contribution in [3.05, 3.63) is 22.4 Å². The number of sulfonamides is 1. The van der Waals surface area contributed by atoms with E-state index >= 15 is 0 Å². The molecule has 0 bridgehead atoms. The van der Waals surface area contributed by atoms with E-state index in [1.54, 1.807) is 0 Å². The first-order valence-corrected chi connectivity index (χ1v) is 8.10. The summed E-state index contributed by atoms with van der Waals surface area (Å²) in [6, 6.07) is 1.35. The van der Waals surface area contributed by atoms with Gasteiger partial charge in [-0.25, -0.2) is 13.4 Å². The van der Waals surface area contributed by atoms with E-state index in [2.05, 4.69) is 9.88 Å². The Bertz CT molecular complexity index is 565.